The summed E-state index contributed by atoms with van der Waals surface area (Å²) in [5.41, 5.74) is 1.43. The molecule has 0 bridgehead atoms. The van der Waals surface area contributed by atoms with E-state index in [9.17, 15) is 0 Å². The number of rotatable bonds is 13. The van der Waals surface area contributed by atoms with Crippen molar-refractivity contribution in [1.82, 2.24) is 5.32 Å². The summed E-state index contributed by atoms with van der Waals surface area (Å²) in [6.07, 6.45) is 5.86. The largest absolute Gasteiger partial charge is 0.382 e. The van der Waals surface area contributed by atoms with Crippen LogP contribution < -0.4 is 5.32 Å². The van der Waals surface area contributed by atoms with Crippen LogP contribution in [-0.4, -0.2) is 39.5 Å². The third kappa shape index (κ3) is 9.62. The highest BCUT2D eigenvalue weighted by atomic mass is 16.5. The van der Waals surface area contributed by atoms with Crippen LogP contribution in [0, 0.1) is 0 Å². The Labute approximate surface area is 130 Å². The topological polar surface area (TPSA) is 30.5 Å². The summed E-state index contributed by atoms with van der Waals surface area (Å²) in [5.74, 6) is 0. The fourth-order valence-electron chi connectivity index (χ4n) is 2.36. The van der Waals surface area contributed by atoms with Crippen molar-refractivity contribution in [1.29, 1.82) is 0 Å². The van der Waals surface area contributed by atoms with Crippen molar-refractivity contribution < 1.29 is 9.47 Å². The van der Waals surface area contributed by atoms with Gasteiger partial charge in [-0.1, -0.05) is 37.3 Å². The SMILES string of the molecule is CCCNC(CCCc1ccccc1)CCOCCOC. The smallest absolute Gasteiger partial charge is 0.0700 e. The first-order valence-corrected chi connectivity index (χ1v) is 8.20. The number of methoxy groups -OCH3 is 1. The van der Waals surface area contributed by atoms with Crippen LogP contribution in [0.3, 0.4) is 0 Å². The molecule has 1 aromatic rings. The first-order valence-electron chi connectivity index (χ1n) is 8.20. The van der Waals surface area contributed by atoms with Gasteiger partial charge in [-0.05, 0) is 44.2 Å². The molecule has 3 heteroatoms. The third-order valence-electron chi connectivity index (χ3n) is 3.59. The summed E-state index contributed by atoms with van der Waals surface area (Å²) in [4.78, 5) is 0. The highest BCUT2D eigenvalue weighted by Gasteiger charge is 2.07. The highest BCUT2D eigenvalue weighted by molar-refractivity contribution is 5.14. The molecule has 120 valence electrons. The molecule has 0 saturated heterocycles. The molecule has 1 rings (SSSR count). The zero-order valence-electron chi connectivity index (χ0n) is 13.6. The van der Waals surface area contributed by atoms with E-state index in [0.29, 0.717) is 19.3 Å². The summed E-state index contributed by atoms with van der Waals surface area (Å²) in [5, 5.41) is 3.64. The highest BCUT2D eigenvalue weighted by Crippen LogP contribution is 2.09. The maximum atomic E-state index is 5.58. The van der Waals surface area contributed by atoms with Crippen LogP contribution in [0.5, 0.6) is 0 Å². The zero-order chi connectivity index (χ0) is 15.2. The molecule has 0 amide bonds. The summed E-state index contributed by atoms with van der Waals surface area (Å²) < 4.78 is 10.6. The molecule has 0 fully saturated rings. The molecule has 1 aromatic carbocycles. The lowest BCUT2D eigenvalue weighted by molar-refractivity contribution is 0.0653. The average Bonchev–Trinajstić information content (AvgIpc) is 2.52. The Bertz CT molecular complexity index is 329. The van der Waals surface area contributed by atoms with Gasteiger partial charge in [-0.25, -0.2) is 0 Å². The number of nitrogens with one attached hydrogen (secondary N) is 1. The van der Waals surface area contributed by atoms with Crippen molar-refractivity contribution in [3.05, 3.63) is 35.9 Å². The second kappa shape index (κ2) is 12.8. The van der Waals surface area contributed by atoms with Crippen LogP contribution in [0.15, 0.2) is 30.3 Å². The van der Waals surface area contributed by atoms with Gasteiger partial charge >= 0.3 is 0 Å². The van der Waals surface area contributed by atoms with E-state index in [2.05, 4.69) is 42.6 Å². The normalized spacial score (nSPS) is 12.5. The van der Waals surface area contributed by atoms with E-state index in [1.54, 1.807) is 7.11 Å². The van der Waals surface area contributed by atoms with E-state index in [0.717, 1.165) is 26.0 Å². The van der Waals surface area contributed by atoms with E-state index in [4.69, 9.17) is 9.47 Å². The number of hydrogen-bond acceptors (Lipinski definition) is 3. The van der Waals surface area contributed by atoms with Gasteiger partial charge in [-0.3, -0.25) is 0 Å². The van der Waals surface area contributed by atoms with Crippen LogP contribution in [0.25, 0.3) is 0 Å². The molecule has 0 radical (unpaired) electrons. The number of hydrogen-bond donors (Lipinski definition) is 1. The van der Waals surface area contributed by atoms with Crippen molar-refractivity contribution in [2.24, 2.45) is 0 Å². The summed E-state index contributed by atoms with van der Waals surface area (Å²) >= 11 is 0. The van der Waals surface area contributed by atoms with Crippen LogP contribution in [0.2, 0.25) is 0 Å². The molecule has 0 saturated carbocycles. The third-order valence-corrected chi connectivity index (χ3v) is 3.59. The molecule has 0 aliphatic rings. The summed E-state index contributed by atoms with van der Waals surface area (Å²) in [6, 6.07) is 11.3. The Morgan fingerprint density at radius 2 is 1.86 bits per heavy atom. The molecule has 21 heavy (non-hydrogen) atoms. The number of aryl methyl sites for hydroxylation is 1. The minimum absolute atomic E-state index is 0.566. The van der Waals surface area contributed by atoms with Gasteiger partial charge in [-0.15, -0.1) is 0 Å². The molecule has 0 aliphatic heterocycles. The maximum absolute atomic E-state index is 5.58. The van der Waals surface area contributed by atoms with Gasteiger partial charge in [0.05, 0.1) is 13.2 Å². The summed E-state index contributed by atoms with van der Waals surface area (Å²) in [6.45, 7) is 5.50. The molecule has 3 nitrogen and oxygen atoms in total. The van der Waals surface area contributed by atoms with Gasteiger partial charge in [0.15, 0.2) is 0 Å². The van der Waals surface area contributed by atoms with E-state index in [1.165, 1.54) is 24.8 Å². The van der Waals surface area contributed by atoms with E-state index in [1.807, 2.05) is 0 Å². The fraction of sp³-hybridized carbons (Fsp3) is 0.667. The number of benzene rings is 1. The molecule has 1 N–H and O–H groups in total. The Morgan fingerprint density at radius 3 is 2.57 bits per heavy atom. The van der Waals surface area contributed by atoms with Crippen molar-refractivity contribution in [3.63, 3.8) is 0 Å². The van der Waals surface area contributed by atoms with Gasteiger partial charge < -0.3 is 14.8 Å². The van der Waals surface area contributed by atoms with Gasteiger partial charge in [-0.2, -0.15) is 0 Å². The van der Waals surface area contributed by atoms with Crippen LogP contribution in [0.4, 0.5) is 0 Å². The molecule has 0 heterocycles. The van der Waals surface area contributed by atoms with Crippen molar-refractivity contribution in [2.45, 2.75) is 45.1 Å². The van der Waals surface area contributed by atoms with Crippen molar-refractivity contribution in [2.75, 3.05) is 33.5 Å². The molecule has 1 atom stereocenters. The minimum atomic E-state index is 0.566. The molecule has 0 aromatic heterocycles. The lowest BCUT2D eigenvalue weighted by Gasteiger charge is -2.18. The fourth-order valence-corrected chi connectivity index (χ4v) is 2.36. The van der Waals surface area contributed by atoms with E-state index in [-0.39, 0.29) is 0 Å². The monoisotopic (exact) mass is 293 g/mol. The first kappa shape index (κ1) is 18.1. The standard InChI is InChI=1S/C18H31NO2/c1-3-13-19-18(12-14-21-16-15-20-2)11-7-10-17-8-5-4-6-9-17/h4-6,8-9,18-19H,3,7,10-16H2,1-2H3. The predicted molar refractivity (Wildman–Crippen MR) is 88.8 cm³/mol. The van der Waals surface area contributed by atoms with Crippen LogP contribution in [-0.2, 0) is 15.9 Å². The summed E-state index contributed by atoms with van der Waals surface area (Å²) in [7, 11) is 1.71. The Morgan fingerprint density at radius 1 is 1.05 bits per heavy atom. The lowest BCUT2D eigenvalue weighted by Crippen LogP contribution is -2.31. The Kier molecular flexibility index (Phi) is 11.1. The Balaban J connectivity index is 2.18. The van der Waals surface area contributed by atoms with E-state index < -0.39 is 0 Å². The van der Waals surface area contributed by atoms with Gasteiger partial charge in [0.1, 0.15) is 0 Å². The van der Waals surface area contributed by atoms with Gasteiger partial charge in [0.25, 0.3) is 0 Å². The second-order valence-corrected chi connectivity index (χ2v) is 5.42. The van der Waals surface area contributed by atoms with Crippen molar-refractivity contribution >= 4 is 0 Å². The second-order valence-electron chi connectivity index (χ2n) is 5.42. The number of ether oxygens (including phenoxy) is 2. The Hall–Kier alpha value is -0.900. The van der Waals surface area contributed by atoms with Crippen LogP contribution >= 0.6 is 0 Å². The zero-order valence-corrected chi connectivity index (χ0v) is 13.6. The molecule has 1 unspecified atom stereocenters. The average molecular weight is 293 g/mol. The predicted octanol–water partition coefficient (Wildman–Crippen LogP) is 3.43. The lowest BCUT2D eigenvalue weighted by atomic mass is 10.0. The van der Waals surface area contributed by atoms with Gasteiger partial charge in [0.2, 0.25) is 0 Å². The maximum Gasteiger partial charge on any atom is 0.0700 e. The van der Waals surface area contributed by atoms with E-state index >= 15 is 0 Å². The minimum Gasteiger partial charge on any atom is -0.382 e. The first-order chi connectivity index (χ1) is 10.4. The van der Waals surface area contributed by atoms with Crippen LogP contribution in [0.1, 0.15) is 38.2 Å². The molecular weight excluding hydrogens is 262 g/mol. The quantitative estimate of drug-likeness (QED) is 0.565. The van der Waals surface area contributed by atoms with Crippen molar-refractivity contribution in [3.8, 4) is 0 Å². The molecule has 0 spiro atoms. The van der Waals surface area contributed by atoms with Gasteiger partial charge in [0, 0.05) is 19.8 Å². The molecule has 0 aliphatic carbocycles. The molecular formula is C18H31NO2.